The second kappa shape index (κ2) is 4.67. The average molecular weight is 244 g/mol. The second-order valence-corrected chi connectivity index (χ2v) is 5.19. The zero-order valence-electron chi connectivity index (χ0n) is 11.4. The van der Waals surface area contributed by atoms with Crippen LogP contribution in [0.1, 0.15) is 31.1 Å². The molecule has 1 heterocycles. The topological polar surface area (TPSA) is 48.1 Å². The fraction of sp³-hybridized carbons (Fsp3) is 0.400. The highest BCUT2D eigenvalue weighted by atomic mass is 16.5. The summed E-state index contributed by atoms with van der Waals surface area (Å²) in [6, 6.07) is 10.1. The fourth-order valence-electron chi connectivity index (χ4n) is 1.97. The molecule has 1 aromatic heterocycles. The number of hydrogen-bond donors (Lipinski definition) is 1. The van der Waals surface area contributed by atoms with Crippen molar-refractivity contribution in [3.63, 3.8) is 0 Å². The normalized spacial score (nSPS) is 13.8. The highest BCUT2D eigenvalue weighted by molar-refractivity contribution is 5.79. The highest BCUT2D eigenvalue weighted by Crippen LogP contribution is 2.27. The summed E-state index contributed by atoms with van der Waals surface area (Å²) >= 11 is 0. The van der Waals surface area contributed by atoms with Crippen molar-refractivity contribution in [2.24, 2.45) is 5.73 Å². The molecule has 0 fully saturated rings. The van der Waals surface area contributed by atoms with Crippen LogP contribution in [0.15, 0.2) is 30.3 Å². The third-order valence-electron chi connectivity index (χ3n) is 3.49. The van der Waals surface area contributed by atoms with Crippen LogP contribution < -0.4 is 5.73 Å². The van der Waals surface area contributed by atoms with Crippen LogP contribution in [-0.4, -0.2) is 17.7 Å². The lowest BCUT2D eigenvalue weighted by atomic mass is 9.91. The van der Waals surface area contributed by atoms with Gasteiger partial charge >= 0.3 is 0 Å². The molecule has 1 aromatic carbocycles. The molecule has 1 atom stereocenters. The Hall–Kier alpha value is -1.45. The van der Waals surface area contributed by atoms with Gasteiger partial charge in [0.1, 0.15) is 0 Å². The molecule has 2 aromatic rings. The second-order valence-electron chi connectivity index (χ2n) is 5.19. The van der Waals surface area contributed by atoms with Crippen LogP contribution in [0.25, 0.3) is 10.9 Å². The summed E-state index contributed by atoms with van der Waals surface area (Å²) in [6.07, 6.45) is 0. The van der Waals surface area contributed by atoms with Crippen molar-refractivity contribution in [3.8, 4) is 0 Å². The number of benzene rings is 1. The maximum atomic E-state index is 6.26. The Morgan fingerprint density at radius 1 is 1.22 bits per heavy atom. The highest BCUT2D eigenvalue weighted by Gasteiger charge is 2.27. The largest absolute Gasteiger partial charge is 0.377 e. The first-order chi connectivity index (χ1) is 8.44. The molecule has 0 aliphatic rings. The summed E-state index contributed by atoms with van der Waals surface area (Å²) in [5.74, 6) is 0. The van der Waals surface area contributed by atoms with E-state index in [-0.39, 0.29) is 11.6 Å². The van der Waals surface area contributed by atoms with Crippen molar-refractivity contribution >= 4 is 10.9 Å². The van der Waals surface area contributed by atoms with Crippen molar-refractivity contribution in [2.45, 2.75) is 32.4 Å². The van der Waals surface area contributed by atoms with Gasteiger partial charge in [0.15, 0.2) is 0 Å². The van der Waals surface area contributed by atoms with E-state index in [4.69, 9.17) is 10.5 Å². The van der Waals surface area contributed by atoms with Gasteiger partial charge in [0.2, 0.25) is 0 Å². The van der Waals surface area contributed by atoms with Crippen LogP contribution in [0.2, 0.25) is 0 Å². The first-order valence-electron chi connectivity index (χ1n) is 6.12. The minimum Gasteiger partial charge on any atom is -0.377 e. The van der Waals surface area contributed by atoms with E-state index in [2.05, 4.69) is 17.1 Å². The summed E-state index contributed by atoms with van der Waals surface area (Å²) < 4.78 is 5.44. The molecule has 2 rings (SSSR count). The maximum Gasteiger partial charge on any atom is 0.0814 e. The molecular formula is C15H20N2O. The molecule has 0 bridgehead atoms. The van der Waals surface area contributed by atoms with Crippen molar-refractivity contribution in [1.29, 1.82) is 0 Å². The van der Waals surface area contributed by atoms with Gasteiger partial charge in [-0.25, -0.2) is 0 Å². The Labute approximate surface area is 108 Å². The number of aromatic nitrogens is 1. The van der Waals surface area contributed by atoms with Crippen LogP contribution in [0.4, 0.5) is 0 Å². The Balaban J connectivity index is 2.44. The Kier molecular flexibility index (Phi) is 3.37. The lowest BCUT2D eigenvalue weighted by Gasteiger charge is -2.30. The molecule has 0 saturated carbocycles. The molecular weight excluding hydrogens is 224 g/mol. The molecule has 2 N–H and O–H groups in total. The van der Waals surface area contributed by atoms with Gasteiger partial charge in [0.25, 0.3) is 0 Å². The molecule has 1 unspecified atom stereocenters. The summed E-state index contributed by atoms with van der Waals surface area (Å²) in [4.78, 5) is 4.49. The molecule has 96 valence electrons. The van der Waals surface area contributed by atoms with E-state index in [1.54, 1.807) is 7.11 Å². The van der Waals surface area contributed by atoms with E-state index in [0.29, 0.717) is 0 Å². The third-order valence-corrected chi connectivity index (χ3v) is 3.49. The van der Waals surface area contributed by atoms with Crippen molar-refractivity contribution < 1.29 is 4.74 Å². The van der Waals surface area contributed by atoms with Gasteiger partial charge < -0.3 is 10.5 Å². The van der Waals surface area contributed by atoms with Gasteiger partial charge in [-0.1, -0.05) is 12.1 Å². The van der Waals surface area contributed by atoms with E-state index in [1.165, 1.54) is 0 Å². The molecule has 0 aliphatic carbocycles. The minimum absolute atomic E-state index is 0.159. The van der Waals surface area contributed by atoms with E-state index < -0.39 is 0 Å². The Morgan fingerprint density at radius 3 is 2.61 bits per heavy atom. The predicted octanol–water partition coefficient (Wildman–Crippen LogP) is 2.97. The molecule has 18 heavy (non-hydrogen) atoms. The summed E-state index contributed by atoms with van der Waals surface area (Å²) in [5.41, 5.74) is 8.97. The molecule has 0 radical (unpaired) electrons. The molecule has 0 saturated heterocycles. The van der Waals surface area contributed by atoms with Crippen molar-refractivity contribution in [2.75, 3.05) is 7.11 Å². The van der Waals surface area contributed by atoms with Crippen LogP contribution in [-0.2, 0) is 4.74 Å². The number of aryl methyl sites for hydroxylation is 1. The minimum atomic E-state index is -0.383. The molecule has 0 spiro atoms. The smallest absolute Gasteiger partial charge is 0.0814 e. The summed E-state index contributed by atoms with van der Waals surface area (Å²) in [6.45, 7) is 5.98. The van der Waals surface area contributed by atoms with Crippen molar-refractivity contribution in [1.82, 2.24) is 4.98 Å². The number of pyridine rings is 1. The van der Waals surface area contributed by atoms with Gasteiger partial charge in [0, 0.05) is 18.2 Å². The number of rotatable bonds is 3. The van der Waals surface area contributed by atoms with Crippen LogP contribution in [0.3, 0.4) is 0 Å². The molecule has 0 aliphatic heterocycles. The van der Waals surface area contributed by atoms with Crippen LogP contribution >= 0.6 is 0 Å². The number of hydrogen-bond acceptors (Lipinski definition) is 3. The lowest BCUT2D eigenvalue weighted by molar-refractivity contribution is 0.00000144. The predicted molar refractivity (Wildman–Crippen MR) is 74.5 cm³/mol. The monoisotopic (exact) mass is 244 g/mol. The van der Waals surface area contributed by atoms with Gasteiger partial charge in [0.05, 0.1) is 17.2 Å². The zero-order chi connectivity index (χ0) is 13.3. The van der Waals surface area contributed by atoms with Crippen molar-refractivity contribution in [3.05, 3.63) is 41.6 Å². The SMILES string of the molecule is COC(C)(C)C(N)c1ccc2nc(C)ccc2c1. The van der Waals surface area contributed by atoms with Crippen LogP contribution in [0, 0.1) is 6.92 Å². The first-order valence-corrected chi connectivity index (χ1v) is 6.12. The fourth-order valence-corrected chi connectivity index (χ4v) is 1.97. The van der Waals surface area contributed by atoms with E-state index in [9.17, 15) is 0 Å². The van der Waals surface area contributed by atoms with E-state index >= 15 is 0 Å². The number of methoxy groups -OCH3 is 1. The van der Waals surface area contributed by atoms with E-state index in [1.807, 2.05) is 39.0 Å². The molecule has 3 nitrogen and oxygen atoms in total. The number of nitrogens with two attached hydrogens (primary N) is 1. The molecule has 3 heteroatoms. The van der Waals surface area contributed by atoms with Gasteiger partial charge in [-0.3, -0.25) is 4.98 Å². The number of nitrogens with zero attached hydrogens (tertiary/aromatic N) is 1. The quantitative estimate of drug-likeness (QED) is 0.903. The summed E-state index contributed by atoms with van der Waals surface area (Å²) in [7, 11) is 1.69. The summed E-state index contributed by atoms with van der Waals surface area (Å²) in [5, 5.41) is 1.11. The first kappa shape index (κ1) is 13.0. The Bertz CT molecular complexity index is 563. The van der Waals surface area contributed by atoms with Gasteiger partial charge in [-0.2, -0.15) is 0 Å². The average Bonchev–Trinajstić information content (AvgIpc) is 2.37. The zero-order valence-corrected chi connectivity index (χ0v) is 11.4. The standard InChI is InChI=1S/C15H20N2O/c1-10-5-6-11-9-12(7-8-13(11)17-10)14(16)15(2,3)18-4/h5-9,14H,16H2,1-4H3. The maximum absolute atomic E-state index is 6.26. The molecule has 0 amide bonds. The van der Waals surface area contributed by atoms with Crippen LogP contribution in [0.5, 0.6) is 0 Å². The number of fused-ring (bicyclic) bond motifs is 1. The van der Waals surface area contributed by atoms with Gasteiger partial charge in [-0.15, -0.1) is 0 Å². The Morgan fingerprint density at radius 2 is 1.94 bits per heavy atom. The third kappa shape index (κ3) is 2.37. The number of ether oxygens (including phenoxy) is 1. The van der Waals surface area contributed by atoms with E-state index in [0.717, 1.165) is 22.2 Å². The van der Waals surface area contributed by atoms with Gasteiger partial charge in [-0.05, 0) is 44.5 Å². The lowest BCUT2D eigenvalue weighted by Crippen LogP contribution is -2.37.